The molecule has 0 aliphatic carbocycles. The van der Waals surface area contributed by atoms with Crippen LogP contribution in [0.5, 0.6) is 0 Å². The van der Waals surface area contributed by atoms with E-state index in [0.717, 1.165) is 11.4 Å². The van der Waals surface area contributed by atoms with E-state index in [9.17, 15) is 9.18 Å². The molecule has 0 bridgehead atoms. The van der Waals surface area contributed by atoms with E-state index in [1.807, 2.05) is 18.2 Å². The highest BCUT2D eigenvalue weighted by Crippen LogP contribution is 2.14. The van der Waals surface area contributed by atoms with E-state index in [0.29, 0.717) is 6.54 Å². The zero-order valence-corrected chi connectivity index (χ0v) is 12.7. The number of carbonyl (C=O) groups is 1. The Morgan fingerprint density at radius 3 is 2.54 bits per heavy atom. The number of amides is 1. The molecule has 1 amide bonds. The van der Waals surface area contributed by atoms with Crippen LogP contribution in [-0.4, -0.2) is 15.9 Å². The van der Waals surface area contributed by atoms with Gasteiger partial charge < -0.3 is 10.6 Å². The summed E-state index contributed by atoms with van der Waals surface area (Å²) in [6, 6.07) is 15.0. The molecule has 120 valence electrons. The van der Waals surface area contributed by atoms with Gasteiger partial charge in [0.2, 0.25) is 0 Å². The molecule has 2 N–H and O–H groups in total. The van der Waals surface area contributed by atoms with Crippen molar-refractivity contribution in [2.45, 2.75) is 6.54 Å². The predicted molar refractivity (Wildman–Crippen MR) is 90.2 cm³/mol. The quantitative estimate of drug-likeness (QED) is 0.755. The Hall–Kier alpha value is -3.28. The Morgan fingerprint density at radius 1 is 1.00 bits per heavy atom. The van der Waals surface area contributed by atoms with Crippen LogP contribution in [0.2, 0.25) is 0 Å². The van der Waals surface area contributed by atoms with Crippen LogP contribution in [0.4, 0.5) is 15.8 Å². The van der Waals surface area contributed by atoms with Crippen LogP contribution in [-0.2, 0) is 6.54 Å². The molecule has 24 heavy (non-hydrogen) atoms. The maximum atomic E-state index is 13.5. The van der Waals surface area contributed by atoms with Gasteiger partial charge >= 0.3 is 0 Å². The second kappa shape index (κ2) is 7.32. The van der Waals surface area contributed by atoms with Crippen LogP contribution in [0.3, 0.4) is 0 Å². The van der Waals surface area contributed by atoms with Crippen molar-refractivity contribution in [3.05, 3.63) is 84.2 Å². The minimum atomic E-state index is -0.487. The van der Waals surface area contributed by atoms with Crippen molar-refractivity contribution in [1.29, 1.82) is 0 Å². The van der Waals surface area contributed by atoms with E-state index in [4.69, 9.17) is 0 Å². The zero-order valence-electron chi connectivity index (χ0n) is 12.7. The molecule has 0 atom stereocenters. The molecule has 0 radical (unpaired) electrons. The molecular weight excluding hydrogens is 307 g/mol. The lowest BCUT2D eigenvalue weighted by atomic mass is 10.2. The van der Waals surface area contributed by atoms with E-state index >= 15 is 0 Å². The molecule has 3 rings (SSSR count). The van der Waals surface area contributed by atoms with Gasteiger partial charge in [0, 0.05) is 6.20 Å². The Balaban J connectivity index is 1.61. The lowest BCUT2D eigenvalue weighted by molar-refractivity contribution is 0.102. The normalized spacial score (nSPS) is 10.2. The van der Waals surface area contributed by atoms with Crippen LogP contribution >= 0.6 is 0 Å². The topological polar surface area (TPSA) is 66.9 Å². The van der Waals surface area contributed by atoms with Gasteiger partial charge in [0.15, 0.2) is 0 Å². The van der Waals surface area contributed by atoms with Gasteiger partial charge in [0.1, 0.15) is 11.5 Å². The second-order valence-electron chi connectivity index (χ2n) is 5.04. The predicted octanol–water partition coefficient (Wildman–Crippen LogP) is 3.48. The van der Waals surface area contributed by atoms with E-state index in [1.165, 1.54) is 12.1 Å². The third-order valence-electron chi connectivity index (χ3n) is 3.32. The number of halogens is 1. The van der Waals surface area contributed by atoms with Gasteiger partial charge in [-0.1, -0.05) is 18.2 Å². The summed E-state index contributed by atoms with van der Waals surface area (Å²) in [4.78, 5) is 20.4. The SMILES string of the molecule is O=C(Nc1ccccc1F)c1ccc(NCc2ccccn2)cn1. The number of nitrogens with one attached hydrogen (secondary N) is 2. The molecule has 0 aliphatic rings. The number of hydrogen-bond donors (Lipinski definition) is 2. The molecule has 0 saturated carbocycles. The third kappa shape index (κ3) is 3.92. The minimum Gasteiger partial charge on any atom is -0.378 e. The number of para-hydroxylation sites is 1. The van der Waals surface area contributed by atoms with E-state index in [2.05, 4.69) is 20.6 Å². The van der Waals surface area contributed by atoms with Crippen LogP contribution in [0.15, 0.2) is 67.0 Å². The van der Waals surface area contributed by atoms with Crippen molar-refractivity contribution in [3.8, 4) is 0 Å². The van der Waals surface area contributed by atoms with Gasteiger partial charge in [0.25, 0.3) is 5.91 Å². The fourth-order valence-corrected chi connectivity index (χ4v) is 2.08. The number of rotatable bonds is 5. The Labute approximate surface area is 138 Å². The lowest BCUT2D eigenvalue weighted by Gasteiger charge is -2.08. The molecule has 5 nitrogen and oxygen atoms in total. The summed E-state index contributed by atoms with van der Waals surface area (Å²) < 4.78 is 13.5. The van der Waals surface area contributed by atoms with Crippen LogP contribution in [0.1, 0.15) is 16.2 Å². The van der Waals surface area contributed by atoms with Gasteiger partial charge in [0.05, 0.1) is 29.8 Å². The van der Waals surface area contributed by atoms with Crippen molar-refractivity contribution in [2.24, 2.45) is 0 Å². The summed E-state index contributed by atoms with van der Waals surface area (Å²) in [6.07, 6.45) is 3.28. The van der Waals surface area contributed by atoms with Crippen molar-refractivity contribution in [3.63, 3.8) is 0 Å². The molecule has 0 saturated heterocycles. The van der Waals surface area contributed by atoms with E-state index < -0.39 is 11.7 Å². The summed E-state index contributed by atoms with van der Waals surface area (Å²) >= 11 is 0. The zero-order chi connectivity index (χ0) is 16.8. The average Bonchev–Trinajstić information content (AvgIpc) is 2.63. The first-order valence-corrected chi connectivity index (χ1v) is 7.38. The Morgan fingerprint density at radius 2 is 1.83 bits per heavy atom. The molecule has 2 heterocycles. The number of aromatic nitrogens is 2. The van der Waals surface area contributed by atoms with Gasteiger partial charge in [-0.25, -0.2) is 9.37 Å². The molecule has 3 aromatic rings. The summed E-state index contributed by atoms with van der Waals surface area (Å²) in [7, 11) is 0. The molecule has 0 aliphatic heterocycles. The maximum Gasteiger partial charge on any atom is 0.274 e. The summed E-state index contributed by atoms with van der Waals surface area (Å²) in [5, 5.41) is 5.67. The van der Waals surface area contributed by atoms with Gasteiger partial charge in [-0.3, -0.25) is 9.78 Å². The van der Waals surface area contributed by atoms with Crippen LogP contribution in [0.25, 0.3) is 0 Å². The summed E-state index contributed by atoms with van der Waals surface area (Å²) in [5.74, 6) is -0.948. The lowest BCUT2D eigenvalue weighted by Crippen LogP contribution is -2.14. The highest BCUT2D eigenvalue weighted by atomic mass is 19.1. The second-order valence-corrected chi connectivity index (χ2v) is 5.04. The van der Waals surface area contributed by atoms with Crippen LogP contribution in [0, 0.1) is 5.82 Å². The first-order valence-electron chi connectivity index (χ1n) is 7.38. The Kier molecular flexibility index (Phi) is 4.76. The smallest absolute Gasteiger partial charge is 0.274 e. The number of nitrogens with zero attached hydrogens (tertiary/aromatic N) is 2. The minimum absolute atomic E-state index is 0.127. The van der Waals surface area contributed by atoms with E-state index in [1.54, 1.807) is 36.7 Å². The standard InChI is InChI=1S/C18H15FN4O/c19-15-6-1-2-7-16(15)23-18(24)17-9-8-14(12-22-17)21-11-13-5-3-4-10-20-13/h1-10,12,21H,11H2,(H,23,24). The first kappa shape index (κ1) is 15.6. The number of carbonyl (C=O) groups excluding carboxylic acids is 1. The van der Waals surface area contributed by atoms with Gasteiger partial charge in [-0.05, 0) is 36.4 Å². The van der Waals surface area contributed by atoms with Crippen LogP contribution < -0.4 is 10.6 Å². The maximum absolute atomic E-state index is 13.5. The van der Waals surface area contributed by atoms with Gasteiger partial charge in [-0.15, -0.1) is 0 Å². The Bertz CT molecular complexity index is 822. The number of pyridine rings is 2. The van der Waals surface area contributed by atoms with Crippen molar-refractivity contribution < 1.29 is 9.18 Å². The number of benzene rings is 1. The third-order valence-corrected chi connectivity index (χ3v) is 3.32. The van der Waals surface area contributed by atoms with Crippen molar-refractivity contribution in [1.82, 2.24) is 9.97 Å². The molecule has 6 heteroatoms. The summed E-state index contributed by atoms with van der Waals surface area (Å²) in [5.41, 5.74) is 2.00. The number of hydrogen-bond acceptors (Lipinski definition) is 4. The largest absolute Gasteiger partial charge is 0.378 e. The van der Waals surface area contributed by atoms with E-state index in [-0.39, 0.29) is 11.4 Å². The first-order chi connectivity index (χ1) is 11.7. The highest BCUT2D eigenvalue weighted by molar-refractivity contribution is 6.03. The average molecular weight is 322 g/mol. The fraction of sp³-hybridized carbons (Fsp3) is 0.0556. The summed E-state index contributed by atoms with van der Waals surface area (Å²) in [6.45, 7) is 0.559. The fourth-order valence-electron chi connectivity index (χ4n) is 2.08. The molecule has 0 fully saturated rings. The molecular formula is C18H15FN4O. The van der Waals surface area contributed by atoms with Gasteiger partial charge in [-0.2, -0.15) is 0 Å². The molecule has 1 aromatic carbocycles. The molecule has 0 unspecified atom stereocenters. The molecule has 2 aromatic heterocycles. The highest BCUT2D eigenvalue weighted by Gasteiger charge is 2.10. The monoisotopic (exact) mass is 322 g/mol. The number of anilines is 2. The van der Waals surface area contributed by atoms with Crippen molar-refractivity contribution >= 4 is 17.3 Å². The molecule has 0 spiro atoms. The van der Waals surface area contributed by atoms with Crippen molar-refractivity contribution in [2.75, 3.05) is 10.6 Å².